The number of aryl methyl sites for hydroxylation is 1. The number of rotatable bonds is 4. The summed E-state index contributed by atoms with van der Waals surface area (Å²) in [6, 6.07) is 1.78. The number of nitrogens with zero attached hydrogens (tertiary/aromatic N) is 3. The highest BCUT2D eigenvalue weighted by Crippen LogP contribution is 2.12. The Morgan fingerprint density at radius 3 is 2.83 bits per heavy atom. The molecule has 0 aliphatic rings. The molecule has 0 spiro atoms. The molecule has 2 heterocycles. The van der Waals surface area contributed by atoms with Crippen LogP contribution in [0, 0.1) is 18.8 Å². The highest BCUT2D eigenvalue weighted by Gasteiger charge is 2.09. The summed E-state index contributed by atoms with van der Waals surface area (Å²) in [5, 5.41) is 9.65. The van der Waals surface area contributed by atoms with Gasteiger partial charge in [0.05, 0.1) is 0 Å². The fourth-order valence-electron chi connectivity index (χ4n) is 1.69. The van der Waals surface area contributed by atoms with Crippen LogP contribution in [0.15, 0.2) is 10.9 Å². The second kappa shape index (κ2) is 4.80. The molecule has 0 fully saturated rings. The minimum Gasteiger partial charge on any atom is -0.370 e. The molecule has 0 saturated carbocycles. The lowest BCUT2D eigenvalue weighted by atomic mass is 9.98. The topological polar surface area (TPSA) is 75.1 Å². The Hall–Kier alpha value is -1.85. The molecule has 2 aromatic heterocycles. The van der Waals surface area contributed by atoms with E-state index in [9.17, 15) is 4.79 Å². The molecule has 2 aromatic rings. The summed E-state index contributed by atoms with van der Waals surface area (Å²) in [5.41, 5.74) is 0.337. The summed E-state index contributed by atoms with van der Waals surface area (Å²) in [6.45, 7) is 9.24. The molecule has 6 heteroatoms. The van der Waals surface area contributed by atoms with Gasteiger partial charge in [0.25, 0.3) is 0 Å². The van der Waals surface area contributed by atoms with E-state index in [0.29, 0.717) is 23.3 Å². The normalized spacial score (nSPS) is 13.2. The van der Waals surface area contributed by atoms with E-state index >= 15 is 0 Å². The van der Waals surface area contributed by atoms with E-state index in [1.165, 1.54) is 4.40 Å². The molecule has 0 radical (unpaired) electrons. The molecule has 0 aliphatic heterocycles. The molecule has 2 N–H and O–H groups in total. The van der Waals surface area contributed by atoms with Crippen LogP contribution in [-0.2, 0) is 0 Å². The van der Waals surface area contributed by atoms with Crippen LogP contribution in [-0.4, -0.2) is 26.1 Å². The Kier molecular flexibility index (Phi) is 3.36. The zero-order valence-corrected chi connectivity index (χ0v) is 11.2. The van der Waals surface area contributed by atoms with Crippen LogP contribution in [0.3, 0.4) is 0 Å². The Morgan fingerprint density at radius 2 is 2.17 bits per heavy atom. The van der Waals surface area contributed by atoms with E-state index in [4.69, 9.17) is 0 Å². The number of hydrogen-bond donors (Lipinski definition) is 2. The van der Waals surface area contributed by atoms with Crippen molar-refractivity contribution in [1.29, 1.82) is 0 Å². The van der Waals surface area contributed by atoms with Crippen LogP contribution in [0.25, 0.3) is 5.65 Å². The van der Waals surface area contributed by atoms with Gasteiger partial charge in [0, 0.05) is 12.6 Å². The average molecular weight is 249 g/mol. The molecule has 6 nitrogen and oxygen atoms in total. The molecule has 1 unspecified atom stereocenters. The van der Waals surface area contributed by atoms with Gasteiger partial charge in [0.1, 0.15) is 11.6 Å². The Bertz CT molecular complexity index is 598. The van der Waals surface area contributed by atoms with Crippen LogP contribution in [0.1, 0.15) is 26.6 Å². The SMILES string of the molecule is Cc1nc(NCC(C)C(C)C)cc2n[nH]c(=O)n12. The standard InChI is InChI=1S/C12H19N5O/c1-7(2)8(3)6-13-10-5-11-15-16-12(18)17(11)9(4)14-10/h5,7-8,13H,6H2,1-4H3,(H,16,18). The monoisotopic (exact) mass is 249 g/mol. The van der Waals surface area contributed by atoms with Gasteiger partial charge in [0.15, 0.2) is 5.65 Å². The van der Waals surface area contributed by atoms with Gasteiger partial charge in [-0.2, -0.15) is 5.10 Å². The predicted octanol–water partition coefficient (Wildman–Crippen LogP) is 1.43. The number of aromatic amines is 1. The zero-order chi connectivity index (χ0) is 13.3. The maximum Gasteiger partial charge on any atom is 0.349 e. The lowest BCUT2D eigenvalue weighted by molar-refractivity contribution is 0.439. The second-order valence-electron chi connectivity index (χ2n) is 5.01. The van der Waals surface area contributed by atoms with Crippen LogP contribution in [0.5, 0.6) is 0 Å². The smallest absolute Gasteiger partial charge is 0.349 e. The first-order valence-electron chi connectivity index (χ1n) is 6.17. The first-order chi connectivity index (χ1) is 8.49. The fourth-order valence-corrected chi connectivity index (χ4v) is 1.69. The van der Waals surface area contributed by atoms with Gasteiger partial charge < -0.3 is 5.32 Å². The minimum atomic E-state index is -0.253. The summed E-state index contributed by atoms with van der Waals surface area (Å²) >= 11 is 0. The van der Waals surface area contributed by atoms with Gasteiger partial charge in [0.2, 0.25) is 0 Å². The van der Waals surface area contributed by atoms with E-state index in [0.717, 1.165) is 12.4 Å². The molecular formula is C12H19N5O. The summed E-state index contributed by atoms with van der Waals surface area (Å²) in [7, 11) is 0. The highest BCUT2D eigenvalue weighted by atomic mass is 16.1. The third-order valence-corrected chi connectivity index (χ3v) is 3.31. The van der Waals surface area contributed by atoms with Crippen molar-refractivity contribution >= 4 is 11.5 Å². The third-order valence-electron chi connectivity index (χ3n) is 3.31. The Labute approximate surface area is 105 Å². The maximum absolute atomic E-state index is 11.5. The van der Waals surface area contributed by atoms with Gasteiger partial charge in [-0.15, -0.1) is 0 Å². The van der Waals surface area contributed by atoms with Gasteiger partial charge in [-0.3, -0.25) is 0 Å². The first-order valence-corrected chi connectivity index (χ1v) is 6.17. The molecule has 0 aliphatic carbocycles. The first kappa shape index (κ1) is 12.6. The van der Waals surface area contributed by atoms with E-state index in [-0.39, 0.29) is 5.69 Å². The van der Waals surface area contributed by atoms with Gasteiger partial charge in [-0.25, -0.2) is 19.3 Å². The number of H-pyrrole nitrogens is 1. The van der Waals surface area contributed by atoms with E-state index in [2.05, 4.69) is 41.3 Å². The van der Waals surface area contributed by atoms with Crippen LogP contribution < -0.4 is 11.0 Å². The molecule has 98 valence electrons. The molecule has 18 heavy (non-hydrogen) atoms. The van der Waals surface area contributed by atoms with E-state index in [1.54, 1.807) is 13.0 Å². The number of aromatic nitrogens is 4. The summed E-state index contributed by atoms with van der Waals surface area (Å²) in [4.78, 5) is 15.8. The van der Waals surface area contributed by atoms with Gasteiger partial charge >= 0.3 is 5.69 Å². The molecule has 0 bridgehead atoms. The number of hydrogen-bond acceptors (Lipinski definition) is 4. The average Bonchev–Trinajstić information content (AvgIpc) is 2.68. The van der Waals surface area contributed by atoms with Crippen molar-refractivity contribution in [3.63, 3.8) is 0 Å². The van der Waals surface area contributed by atoms with Crippen molar-refractivity contribution in [2.45, 2.75) is 27.7 Å². The van der Waals surface area contributed by atoms with Crippen LogP contribution in [0.2, 0.25) is 0 Å². The summed E-state index contributed by atoms with van der Waals surface area (Å²) < 4.78 is 1.46. The third kappa shape index (κ3) is 2.37. The number of nitrogens with one attached hydrogen (secondary N) is 2. The zero-order valence-electron chi connectivity index (χ0n) is 11.2. The van der Waals surface area contributed by atoms with E-state index < -0.39 is 0 Å². The molecule has 0 saturated heterocycles. The maximum atomic E-state index is 11.5. The Balaban J connectivity index is 2.22. The molecule has 0 amide bonds. The fraction of sp³-hybridized carbons (Fsp3) is 0.583. The molecule has 1 atom stereocenters. The van der Waals surface area contributed by atoms with Crippen molar-refractivity contribution in [2.24, 2.45) is 11.8 Å². The molecule has 2 rings (SSSR count). The lowest BCUT2D eigenvalue weighted by Gasteiger charge is -2.16. The lowest BCUT2D eigenvalue weighted by Crippen LogP contribution is -2.18. The van der Waals surface area contributed by atoms with Crippen LogP contribution >= 0.6 is 0 Å². The Morgan fingerprint density at radius 1 is 1.44 bits per heavy atom. The van der Waals surface area contributed by atoms with E-state index in [1.807, 2.05) is 0 Å². The van der Waals surface area contributed by atoms with Crippen LogP contribution in [0.4, 0.5) is 5.82 Å². The van der Waals surface area contributed by atoms with Crippen molar-refractivity contribution in [2.75, 3.05) is 11.9 Å². The highest BCUT2D eigenvalue weighted by molar-refractivity contribution is 5.49. The number of anilines is 1. The molecule has 0 aromatic carbocycles. The summed E-state index contributed by atoms with van der Waals surface area (Å²) in [6.07, 6.45) is 0. The number of fused-ring (bicyclic) bond motifs is 1. The summed E-state index contributed by atoms with van der Waals surface area (Å²) in [5.74, 6) is 2.57. The van der Waals surface area contributed by atoms with Crippen molar-refractivity contribution in [1.82, 2.24) is 19.6 Å². The minimum absolute atomic E-state index is 0.253. The predicted molar refractivity (Wildman–Crippen MR) is 70.8 cm³/mol. The van der Waals surface area contributed by atoms with Crippen molar-refractivity contribution in [3.8, 4) is 0 Å². The van der Waals surface area contributed by atoms with Gasteiger partial charge in [-0.05, 0) is 18.8 Å². The van der Waals surface area contributed by atoms with Crippen molar-refractivity contribution in [3.05, 3.63) is 22.4 Å². The largest absolute Gasteiger partial charge is 0.370 e. The second-order valence-corrected chi connectivity index (χ2v) is 5.01. The molecular weight excluding hydrogens is 230 g/mol. The van der Waals surface area contributed by atoms with Gasteiger partial charge in [-0.1, -0.05) is 20.8 Å². The van der Waals surface area contributed by atoms with Crippen molar-refractivity contribution < 1.29 is 0 Å². The quantitative estimate of drug-likeness (QED) is 0.859.